The minimum Gasteiger partial charge on any atom is -0.296 e. The summed E-state index contributed by atoms with van der Waals surface area (Å²) in [6.45, 7) is 0. The first-order valence-corrected chi connectivity index (χ1v) is 7.88. The van der Waals surface area contributed by atoms with Crippen molar-refractivity contribution in [1.82, 2.24) is 9.97 Å². The van der Waals surface area contributed by atoms with Crippen molar-refractivity contribution >= 4 is 39.8 Å². The van der Waals surface area contributed by atoms with Crippen molar-refractivity contribution in [1.29, 1.82) is 0 Å². The molecule has 0 saturated carbocycles. The van der Waals surface area contributed by atoms with E-state index in [0.717, 1.165) is 0 Å². The lowest BCUT2D eigenvalue weighted by Crippen LogP contribution is -2.19. The average Bonchev–Trinajstić information content (AvgIpc) is 3.08. The number of hydrogen-bond donors (Lipinski definition) is 1. The van der Waals surface area contributed by atoms with Crippen LogP contribution in [0.5, 0.6) is 0 Å². The SMILES string of the molecule is O=C(c1ccccc1)c1ccc(Cl)nc1C(=O)Nc1nccs1. The zero-order valence-corrected chi connectivity index (χ0v) is 13.3. The van der Waals surface area contributed by atoms with Gasteiger partial charge in [0.2, 0.25) is 0 Å². The second-order valence-electron chi connectivity index (χ2n) is 4.52. The van der Waals surface area contributed by atoms with Crippen molar-refractivity contribution in [3.8, 4) is 0 Å². The van der Waals surface area contributed by atoms with Crippen LogP contribution in [-0.4, -0.2) is 21.7 Å². The number of thiazole rings is 1. The maximum atomic E-state index is 12.6. The minimum atomic E-state index is -0.526. The number of benzene rings is 1. The molecule has 5 nitrogen and oxygen atoms in total. The summed E-state index contributed by atoms with van der Waals surface area (Å²) in [5.74, 6) is -0.819. The number of nitrogens with zero attached hydrogens (tertiary/aromatic N) is 2. The van der Waals surface area contributed by atoms with Gasteiger partial charge in [0.1, 0.15) is 10.8 Å². The zero-order chi connectivity index (χ0) is 16.2. The summed E-state index contributed by atoms with van der Waals surface area (Å²) in [6, 6.07) is 11.7. The summed E-state index contributed by atoms with van der Waals surface area (Å²) >= 11 is 7.15. The van der Waals surface area contributed by atoms with E-state index < -0.39 is 5.91 Å². The third-order valence-corrected chi connectivity index (χ3v) is 3.91. The maximum Gasteiger partial charge on any atom is 0.276 e. The molecule has 7 heteroatoms. The van der Waals surface area contributed by atoms with Gasteiger partial charge in [0.25, 0.3) is 5.91 Å². The first-order chi connectivity index (χ1) is 11.1. The number of amides is 1. The van der Waals surface area contributed by atoms with Crippen molar-refractivity contribution in [3.63, 3.8) is 0 Å². The summed E-state index contributed by atoms with van der Waals surface area (Å²) in [5, 5.41) is 4.90. The Morgan fingerprint density at radius 2 is 1.87 bits per heavy atom. The molecule has 0 aliphatic carbocycles. The number of carbonyl (C=O) groups is 2. The van der Waals surface area contributed by atoms with E-state index in [-0.39, 0.29) is 22.2 Å². The van der Waals surface area contributed by atoms with Crippen LogP contribution in [0.4, 0.5) is 5.13 Å². The highest BCUT2D eigenvalue weighted by molar-refractivity contribution is 7.13. The standard InChI is InChI=1S/C16H10ClN3O2S/c17-12-7-6-11(14(21)10-4-2-1-3-5-10)13(19-12)15(22)20-16-18-8-9-23-16/h1-9H,(H,18,20,22). The molecule has 2 aromatic heterocycles. The molecule has 0 spiro atoms. The van der Waals surface area contributed by atoms with Gasteiger partial charge in [0, 0.05) is 17.1 Å². The van der Waals surface area contributed by atoms with Gasteiger partial charge in [-0.2, -0.15) is 0 Å². The molecule has 0 aliphatic rings. The number of anilines is 1. The number of hydrogen-bond acceptors (Lipinski definition) is 5. The van der Waals surface area contributed by atoms with E-state index in [0.29, 0.717) is 10.7 Å². The average molecular weight is 344 g/mol. The van der Waals surface area contributed by atoms with Gasteiger partial charge in [-0.15, -0.1) is 11.3 Å². The molecular weight excluding hydrogens is 334 g/mol. The lowest BCUT2D eigenvalue weighted by Gasteiger charge is -2.08. The van der Waals surface area contributed by atoms with Crippen molar-refractivity contribution in [2.75, 3.05) is 5.32 Å². The van der Waals surface area contributed by atoms with Crippen LogP contribution in [-0.2, 0) is 0 Å². The largest absolute Gasteiger partial charge is 0.296 e. The van der Waals surface area contributed by atoms with Gasteiger partial charge in [0.15, 0.2) is 10.9 Å². The highest BCUT2D eigenvalue weighted by Gasteiger charge is 2.21. The Balaban J connectivity index is 1.98. The second-order valence-corrected chi connectivity index (χ2v) is 5.80. The van der Waals surface area contributed by atoms with Gasteiger partial charge in [-0.25, -0.2) is 9.97 Å². The Hall–Kier alpha value is -2.57. The van der Waals surface area contributed by atoms with Crippen LogP contribution < -0.4 is 5.32 Å². The molecule has 0 radical (unpaired) electrons. The maximum absolute atomic E-state index is 12.6. The second kappa shape index (κ2) is 6.68. The van der Waals surface area contributed by atoms with Gasteiger partial charge in [-0.3, -0.25) is 14.9 Å². The molecule has 0 fully saturated rings. The van der Waals surface area contributed by atoms with Gasteiger partial charge >= 0.3 is 0 Å². The number of aromatic nitrogens is 2. The third-order valence-electron chi connectivity index (χ3n) is 3.01. The van der Waals surface area contributed by atoms with Crippen LogP contribution in [0.3, 0.4) is 0 Å². The van der Waals surface area contributed by atoms with Crippen LogP contribution in [0.1, 0.15) is 26.4 Å². The van der Waals surface area contributed by atoms with Gasteiger partial charge in [-0.1, -0.05) is 41.9 Å². The highest BCUT2D eigenvalue weighted by atomic mass is 35.5. The number of pyridine rings is 1. The normalized spacial score (nSPS) is 10.3. The summed E-state index contributed by atoms with van der Waals surface area (Å²) < 4.78 is 0. The Labute approximate surface area is 141 Å². The fraction of sp³-hybridized carbons (Fsp3) is 0. The van der Waals surface area contributed by atoms with Crippen molar-refractivity contribution in [2.45, 2.75) is 0 Å². The predicted octanol–water partition coefficient (Wildman–Crippen LogP) is 3.67. The number of halogens is 1. The highest BCUT2D eigenvalue weighted by Crippen LogP contribution is 2.18. The van der Waals surface area contributed by atoms with Crippen LogP contribution in [0, 0.1) is 0 Å². The molecule has 0 unspecified atom stereocenters. The quantitative estimate of drug-likeness (QED) is 0.579. The fourth-order valence-electron chi connectivity index (χ4n) is 1.98. The molecule has 23 heavy (non-hydrogen) atoms. The van der Waals surface area contributed by atoms with Crippen molar-refractivity contribution in [3.05, 3.63) is 76.0 Å². The van der Waals surface area contributed by atoms with E-state index in [1.807, 2.05) is 6.07 Å². The van der Waals surface area contributed by atoms with E-state index in [9.17, 15) is 9.59 Å². The molecule has 1 amide bonds. The number of rotatable bonds is 4. The molecule has 114 valence electrons. The number of carbonyl (C=O) groups excluding carboxylic acids is 2. The molecule has 3 rings (SSSR count). The molecule has 3 aromatic rings. The third kappa shape index (κ3) is 3.44. The first kappa shape index (κ1) is 15.3. The molecule has 1 aromatic carbocycles. The Morgan fingerprint density at radius 1 is 1.09 bits per heavy atom. The Kier molecular flexibility index (Phi) is 4.45. The minimum absolute atomic E-state index is 0.0263. The summed E-state index contributed by atoms with van der Waals surface area (Å²) in [4.78, 5) is 33.0. The van der Waals surface area contributed by atoms with Crippen molar-refractivity contribution in [2.24, 2.45) is 0 Å². The van der Waals surface area contributed by atoms with E-state index in [1.54, 1.807) is 35.8 Å². The van der Waals surface area contributed by atoms with E-state index in [2.05, 4.69) is 15.3 Å². The molecule has 0 aliphatic heterocycles. The first-order valence-electron chi connectivity index (χ1n) is 6.62. The lowest BCUT2D eigenvalue weighted by atomic mass is 10.0. The molecule has 1 N–H and O–H groups in total. The zero-order valence-electron chi connectivity index (χ0n) is 11.7. The van der Waals surface area contributed by atoms with Crippen LogP contribution in [0.2, 0.25) is 5.15 Å². The Bertz CT molecular complexity index is 851. The number of nitrogens with one attached hydrogen (secondary N) is 1. The van der Waals surface area contributed by atoms with Crippen LogP contribution in [0.15, 0.2) is 54.0 Å². The molecule has 0 saturated heterocycles. The molecule has 2 heterocycles. The van der Waals surface area contributed by atoms with Gasteiger partial charge in [-0.05, 0) is 12.1 Å². The fourth-order valence-corrected chi connectivity index (χ4v) is 2.65. The van der Waals surface area contributed by atoms with Gasteiger partial charge in [0.05, 0.1) is 5.56 Å². The van der Waals surface area contributed by atoms with Gasteiger partial charge < -0.3 is 0 Å². The van der Waals surface area contributed by atoms with E-state index >= 15 is 0 Å². The smallest absolute Gasteiger partial charge is 0.276 e. The topological polar surface area (TPSA) is 72.0 Å². The van der Waals surface area contributed by atoms with Crippen LogP contribution >= 0.6 is 22.9 Å². The van der Waals surface area contributed by atoms with Crippen LogP contribution in [0.25, 0.3) is 0 Å². The summed E-state index contributed by atoms with van der Waals surface area (Å²) in [6.07, 6.45) is 1.57. The monoisotopic (exact) mass is 343 g/mol. The lowest BCUT2D eigenvalue weighted by molar-refractivity contribution is 0.0992. The number of ketones is 1. The molecule has 0 atom stereocenters. The Morgan fingerprint density at radius 3 is 2.57 bits per heavy atom. The van der Waals surface area contributed by atoms with E-state index in [1.165, 1.54) is 23.5 Å². The summed E-state index contributed by atoms with van der Waals surface area (Å²) in [5.41, 5.74) is 0.635. The molecule has 0 bridgehead atoms. The molecular formula is C16H10ClN3O2S. The van der Waals surface area contributed by atoms with E-state index in [4.69, 9.17) is 11.6 Å². The van der Waals surface area contributed by atoms with Crippen molar-refractivity contribution < 1.29 is 9.59 Å². The predicted molar refractivity (Wildman–Crippen MR) is 89.2 cm³/mol. The summed E-state index contributed by atoms with van der Waals surface area (Å²) in [7, 11) is 0.